The van der Waals surface area contributed by atoms with Crippen LogP contribution in [0.1, 0.15) is 31.7 Å². The van der Waals surface area contributed by atoms with Gasteiger partial charge in [0.1, 0.15) is 11.4 Å². The summed E-state index contributed by atoms with van der Waals surface area (Å²) < 4.78 is 16.0. The maximum absolute atomic E-state index is 11.9. The van der Waals surface area contributed by atoms with E-state index in [0.29, 0.717) is 25.2 Å². The molecule has 0 aliphatic carbocycles. The number of rotatable bonds is 9. The number of cyclic esters (lactones) is 1. The fourth-order valence-electron chi connectivity index (χ4n) is 2.48. The maximum atomic E-state index is 11.9. The van der Waals surface area contributed by atoms with E-state index in [0.717, 1.165) is 11.3 Å². The molecule has 0 spiro atoms. The van der Waals surface area contributed by atoms with Crippen molar-refractivity contribution in [3.63, 3.8) is 0 Å². The summed E-state index contributed by atoms with van der Waals surface area (Å²) in [5.74, 6) is -0.508. The van der Waals surface area contributed by atoms with Gasteiger partial charge >= 0.3 is 11.9 Å². The minimum absolute atomic E-state index is 0.0401. The van der Waals surface area contributed by atoms with Gasteiger partial charge in [0.25, 0.3) is 0 Å². The Morgan fingerprint density at radius 2 is 2.00 bits per heavy atom. The van der Waals surface area contributed by atoms with Crippen molar-refractivity contribution in [1.29, 1.82) is 0 Å². The van der Waals surface area contributed by atoms with Crippen LogP contribution in [0.15, 0.2) is 35.9 Å². The predicted octanol–water partition coefficient (Wildman–Crippen LogP) is 2.71. The van der Waals surface area contributed by atoms with Gasteiger partial charge in [0.05, 0.1) is 20.3 Å². The number of aliphatic carboxylic acids is 1. The normalized spacial score (nSPS) is 19.8. The van der Waals surface area contributed by atoms with Crippen molar-refractivity contribution in [1.82, 2.24) is 0 Å². The number of benzene rings is 1. The fourth-order valence-corrected chi connectivity index (χ4v) is 2.48. The lowest BCUT2D eigenvalue weighted by atomic mass is 9.98. The third-order valence-corrected chi connectivity index (χ3v) is 3.85. The van der Waals surface area contributed by atoms with Gasteiger partial charge in [0.15, 0.2) is 0 Å². The summed E-state index contributed by atoms with van der Waals surface area (Å²) >= 11 is 0. The topological polar surface area (TPSA) is 82.1 Å². The average Bonchev–Trinajstić information content (AvgIpc) is 2.85. The van der Waals surface area contributed by atoms with E-state index in [1.54, 1.807) is 20.1 Å². The van der Waals surface area contributed by atoms with Crippen molar-refractivity contribution < 1.29 is 28.9 Å². The molecule has 1 aliphatic rings. The molecule has 0 saturated carbocycles. The second-order valence-corrected chi connectivity index (χ2v) is 5.92. The number of ether oxygens (including phenoxy) is 3. The SMILES string of the molecule is COc1ccc(COCCC2=C[C@@](C)(CCC(=O)O)OC2=O)cc1. The Bertz CT molecular complexity index is 619. The Hall–Kier alpha value is -2.34. The van der Waals surface area contributed by atoms with Crippen LogP contribution in [0.5, 0.6) is 5.75 Å². The van der Waals surface area contributed by atoms with E-state index in [-0.39, 0.29) is 12.8 Å². The molecule has 2 rings (SSSR count). The van der Waals surface area contributed by atoms with Crippen LogP contribution in [0.2, 0.25) is 0 Å². The van der Waals surface area contributed by atoms with Crippen molar-refractivity contribution in [2.24, 2.45) is 0 Å². The molecule has 1 aromatic rings. The fraction of sp³-hybridized carbons (Fsp3) is 0.444. The van der Waals surface area contributed by atoms with Gasteiger partial charge in [-0.25, -0.2) is 4.79 Å². The molecule has 0 fully saturated rings. The zero-order valence-electron chi connectivity index (χ0n) is 13.9. The molecule has 6 nitrogen and oxygen atoms in total. The van der Waals surface area contributed by atoms with E-state index in [4.69, 9.17) is 19.3 Å². The molecule has 1 aliphatic heterocycles. The van der Waals surface area contributed by atoms with Crippen molar-refractivity contribution in [3.8, 4) is 5.75 Å². The number of hydrogen-bond donors (Lipinski definition) is 1. The highest BCUT2D eigenvalue weighted by Crippen LogP contribution is 2.30. The zero-order valence-corrected chi connectivity index (χ0v) is 13.9. The summed E-state index contributed by atoms with van der Waals surface area (Å²) in [7, 11) is 1.62. The van der Waals surface area contributed by atoms with Crippen LogP contribution in [0.3, 0.4) is 0 Å². The summed E-state index contributed by atoms with van der Waals surface area (Å²) in [5.41, 5.74) is 0.726. The first-order valence-electron chi connectivity index (χ1n) is 7.79. The highest BCUT2D eigenvalue weighted by molar-refractivity contribution is 5.91. The van der Waals surface area contributed by atoms with Gasteiger partial charge in [-0.1, -0.05) is 12.1 Å². The smallest absolute Gasteiger partial charge is 0.334 e. The minimum Gasteiger partial charge on any atom is -0.497 e. The molecule has 0 amide bonds. The predicted molar refractivity (Wildman–Crippen MR) is 86.7 cm³/mol. The lowest BCUT2D eigenvalue weighted by Gasteiger charge is -2.19. The Morgan fingerprint density at radius 3 is 2.62 bits per heavy atom. The van der Waals surface area contributed by atoms with Crippen LogP contribution in [-0.2, 0) is 25.7 Å². The summed E-state index contributed by atoms with van der Waals surface area (Å²) in [6.07, 6.45) is 2.39. The molecule has 130 valence electrons. The quantitative estimate of drug-likeness (QED) is 0.552. The third kappa shape index (κ3) is 5.09. The molecular weight excluding hydrogens is 312 g/mol. The summed E-state index contributed by atoms with van der Waals surface area (Å²) in [6, 6.07) is 7.57. The second kappa shape index (κ2) is 7.97. The van der Waals surface area contributed by atoms with Crippen molar-refractivity contribution in [2.75, 3.05) is 13.7 Å². The van der Waals surface area contributed by atoms with E-state index in [1.165, 1.54) is 0 Å². The Balaban J connectivity index is 1.78. The lowest BCUT2D eigenvalue weighted by molar-refractivity contribution is -0.148. The first-order chi connectivity index (χ1) is 11.4. The number of hydrogen-bond acceptors (Lipinski definition) is 5. The highest BCUT2D eigenvalue weighted by atomic mass is 16.6. The van der Waals surface area contributed by atoms with Crippen molar-refractivity contribution in [3.05, 3.63) is 41.5 Å². The molecular formula is C18H22O6. The monoisotopic (exact) mass is 334 g/mol. The molecule has 6 heteroatoms. The minimum atomic E-state index is -0.906. The molecule has 1 atom stereocenters. The number of carbonyl (C=O) groups excluding carboxylic acids is 1. The highest BCUT2D eigenvalue weighted by Gasteiger charge is 2.35. The molecule has 0 aromatic heterocycles. The van der Waals surface area contributed by atoms with Gasteiger partial charge in [-0.05, 0) is 30.7 Å². The van der Waals surface area contributed by atoms with E-state index >= 15 is 0 Å². The third-order valence-electron chi connectivity index (χ3n) is 3.85. The number of carbonyl (C=O) groups is 2. The largest absolute Gasteiger partial charge is 0.497 e. The molecule has 1 aromatic carbocycles. The summed E-state index contributed by atoms with van der Waals surface area (Å²) in [5, 5.41) is 8.75. The number of esters is 1. The van der Waals surface area contributed by atoms with Gasteiger partial charge in [0.2, 0.25) is 0 Å². The molecule has 0 saturated heterocycles. The van der Waals surface area contributed by atoms with E-state index in [1.807, 2.05) is 24.3 Å². The van der Waals surface area contributed by atoms with E-state index in [9.17, 15) is 9.59 Å². The summed E-state index contributed by atoms with van der Waals surface area (Å²) in [4.78, 5) is 22.5. The first-order valence-corrected chi connectivity index (χ1v) is 7.79. The molecule has 1 heterocycles. The van der Waals surface area contributed by atoms with Crippen LogP contribution in [0, 0.1) is 0 Å². The van der Waals surface area contributed by atoms with Gasteiger partial charge in [-0.15, -0.1) is 0 Å². The maximum Gasteiger partial charge on any atom is 0.334 e. The molecule has 24 heavy (non-hydrogen) atoms. The molecule has 1 N–H and O–H groups in total. The number of carboxylic acid groups (broad SMARTS) is 1. The molecule has 0 unspecified atom stereocenters. The Kier molecular flexibility index (Phi) is 5.98. The first kappa shape index (κ1) is 18.0. The average molecular weight is 334 g/mol. The number of carboxylic acids is 1. The molecule has 0 bridgehead atoms. The summed E-state index contributed by atoms with van der Waals surface area (Å²) in [6.45, 7) is 2.56. The van der Waals surface area contributed by atoms with Crippen LogP contribution in [0.25, 0.3) is 0 Å². The molecule has 0 radical (unpaired) electrons. The van der Waals surface area contributed by atoms with Crippen LogP contribution in [-0.4, -0.2) is 36.4 Å². The zero-order chi connectivity index (χ0) is 17.6. The lowest BCUT2D eigenvalue weighted by Crippen LogP contribution is -2.24. The van der Waals surface area contributed by atoms with Crippen molar-refractivity contribution >= 4 is 11.9 Å². The second-order valence-electron chi connectivity index (χ2n) is 5.92. The van der Waals surface area contributed by atoms with Crippen molar-refractivity contribution in [2.45, 2.75) is 38.4 Å². The van der Waals surface area contributed by atoms with E-state index in [2.05, 4.69) is 0 Å². The Morgan fingerprint density at radius 1 is 1.29 bits per heavy atom. The standard InChI is InChI=1S/C18H22O6/c1-18(9-7-16(19)20)11-14(17(21)24-18)8-10-23-12-13-3-5-15(22-2)6-4-13/h3-6,11H,7-10,12H2,1-2H3,(H,19,20)/t18-/m1/s1. The van der Waals surface area contributed by atoms with Gasteiger partial charge in [-0.2, -0.15) is 0 Å². The van der Waals surface area contributed by atoms with Gasteiger partial charge in [-0.3, -0.25) is 4.79 Å². The van der Waals surface area contributed by atoms with E-state index < -0.39 is 17.5 Å². The van der Waals surface area contributed by atoms with Crippen LogP contribution < -0.4 is 4.74 Å². The Labute approximate surface area is 141 Å². The van der Waals surface area contributed by atoms with Crippen LogP contribution >= 0.6 is 0 Å². The van der Waals surface area contributed by atoms with Gasteiger partial charge < -0.3 is 19.3 Å². The number of methoxy groups -OCH3 is 1. The van der Waals surface area contributed by atoms with Crippen LogP contribution in [0.4, 0.5) is 0 Å². The van der Waals surface area contributed by atoms with Gasteiger partial charge in [0, 0.05) is 24.8 Å².